The van der Waals surface area contributed by atoms with Crippen molar-refractivity contribution < 1.29 is 4.74 Å². The van der Waals surface area contributed by atoms with Crippen LogP contribution >= 0.6 is 0 Å². The normalized spacial score (nSPS) is 13.9. The minimum atomic E-state index is -0.300. The first-order valence-electron chi connectivity index (χ1n) is 8.31. The predicted octanol–water partition coefficient (Wildman–Crippen LogP) is 2.03. The lowest BCUT2D eigenvalue weighted by Crippen LogP contribution is -2.27. The van der Waals surface area contributed by atoms with Crippen molar-refractivity contribution >= 4 is 0 Å². The second-order valence-corrected chi connectivity index (χ2v) is 5.99. The molecule has 2 aliphatic heterocycles. The molecule has 1 aliphatic carbocycles. The maximum Gasteiger partial charge on any atom is 0.340 e. The highest BCUT2D eigenvalue weighted by Crippen LogP contribution is 2.21. The minimum absolute atomic E-state index is 0.297. The molecule has 1 aromatic rings. The van der Waals surface area contributed by atoms with Gasteiger partial charge in [0, 0.05) is 17.6 Å². The number of aryl methyl sites for hydroxylation is 1. The van der Waals surface area contributed by atoms with Gasteiger partial charge in [-0.15, -0.1) is 0 Å². The van der Waals surface area contributed by atoms with Gasteiger partial charge in [-0.3, -0.25) is 9.36 Å². The van der Waals surface area contributed by atoms with Crippen LogP contribution in [-0.2, 0) is 12.8 Å². The van der Waals surface area contributed by atoms with Crippen molar-refractivity contribution in [3.63, 3.8) is 0 Å². The van der Waals surface area contributed by atoms with Crippen LogP contribution in [-0.4, -0.2) is 20.7 Å². The number of aromatic amines is 1. The zero-order valence-corrected chi connectivity index (χ0v) is 13.5. The number of nitrogens with one attached hydrogen (secondary N) is 1. The molecule has 124 valence electrons. The molecule has 0 aromatic heterocycles. The Bertz CT molecular complexity index is 963. The Labute approximate surface area is 138 Å². The quantitative estimate of drug-likeness (QED) is 0.801. The number of imidazole rings is 1. The molecule has 0 fully saturated rings. The number of hydrogen-bond donors (Lipinski definition) is 1. The zero-order chi connectivity index (χ0) is 16.7. The number of rotatable bonds is 3. The lowest BCUT2D eigenvalue weighted by molar-refractivity contribution is 0.340. The summed E-state index contributed by atoms with van der Waals surface area (Å²) in [5.41, 5.74) is 2.35. The van der Waals surface area contributed by atoms with Gasteiger partial charge in [0.15, 0.2) is 0 Å². The van der Waals surface area contributed by atoms with E-state index in [4.69, 9.17) is 4.74 Å². The third-order valence-corrected chi connectivity index (χ3v) is 4.54. The third-order valence-electron chi connectivity index (χ3n) is 4.54. The van der Waals surface area contributed by atoms with Crippen molar-refractivity contribution in [3.8, 4) is 17.1 Å². The molecule has 1 N–H and O–H groups in total. The van der Waals surface area contributed by atoms with Crippen LogP contribution < -0.4 is 16.0 Å². The van der Waals surface area contributed by atoms with Gasteiger partial charge in [-0.2, -0.15) is 0 Å². The topological polar surface area (TPSA) is 69.0 Å². The van der Waals surface area contributed by atoms with E-state index in [0.717, 1.165) is 42.8 Å². The fourth-order valence-corrected chi connectivity index (χ4v) is 3.42. The fraction of sp³-hybridized carbons (Fsp3) is 0.333. The molecule has 0 radical (unpaired) electrons. The molecular formula is C18H19N3O3. The zero-order valence-electron chi connectivity index (χ0n) is 13.5. The minimum Gasteiger partial charge on any atom is -0.494 e. The highest BCUT2D eigenvalue weighted by atomic mass is 16.5. The lowest BCUT2D eigenvalue weighted by atomic mass is 10.00. The van der Waals surface area contributed by atoms with E-state index in [9.17, 15) is 9.59 Å². The Morgan fingerprint density at radius 2 is 1.83 bits per heavy atom. The third kappa shape index (κ3) is 2.18. The Hall–Kier alpha value is -2.76. The Morgan fingerprint density at radius 3 is 2.58 bits per heavy atom. The standard InChI is InChI=1S/C18H19N3O3/c1-2-24-13-9-7-12(8-10-13)20-17(22)16-11-19-14-5-3-4-6-15(14)21(16)18(20)23/h7-11,19H,2-6H2,1H3. The van der Waals surface area contributed by atoms with Crippen molar-refractivity contribution in [2.24, 2.45) is 0 Å². The summed E-state index contributed by atoms with van der Waals surface area (Å²) < 4.78 is 8.22. The molecule has 0 spiro atoms. The van der Waals surface area contributed by atoms with Crippen molar-refractivity contribution in [1.82, 2.24) is 14.1 Å². The molecule has 0 unspecified atom stereocenters. The Balaban J connectivity index is 1.92. The lowest BCUT2D eigenvalue weighted by Gasteiger charge is -2.18. The van der Waals surface area contributed by atoms with E-state index in [1.165, 1.54) is 4.57 Å². The van der Waals surface area contributed by atoms with E-state index in [-0.39, 0.29) is 11.2 Å². The molecular weight excluding hydrogens is 306 g/mol. The molecule has 3 aliphatic rings. The summed E-state index contributed by atoms with van der Waals surface area (Å²) in [5, 5.41) is 0. The molecule has 2 heterocycles. The molecule has 1 aromatic carbocycles. The van der Waals surface area contributed by atoms with E-state index < -0.39 is 0 Å². The van der Waals surface area contributed by atoms with E-state index in [1.807, 2.05) is 6.92 Å². The fourth-order valence-electron chi connectivity index (χ4n) is 3.42. The average molecular weight is 325 g/mol. The molecule has 24 heavy (non-hydrogen) atoms. The first kappa shape index (κ1) is 14.8. The van der Waals surface area contributed by atoms with Crippen LogP contribution in [0.1, 0.15) is 31.2 Å². The number of aromatic nitrogens is 3. The van der Waals surface area contributed by atoms with E-state index in [0.29, 0.717) is 18.0 Å². The van der Waals surface area contributed by atoms with Crippen LogP contribution in [0.3, 0.4) is 0 Å². The van der Waals surface area contributed by atoms with Crippen molar-refractivity contribution in [2.45, 2.75) is 32.6 Å². The van der Waals surface area contributed by atoms with E-state index >= 15 is 0 Å². The molecule has 0 bridgehead atoms. The number of fused-ring (bicyclic) bond motifs is 3. The first-order chi connectivity index (χ1) is 11.7. The molecule has 0 saturated heterocycles. The molecule has 0 amide bonds. The summed E-state index contributed by atoms with van der Waals surface area (Å²) in [7, 11) is 0. The van der Waals surface area contributed by atoms with Gasteiger partial charge in [-0.25, -0.2) is 9.36 Å². The van der Waals surface area contributed by atoms with E-state index in [2.05, 4.69) is 4.98 Å². The van der Waals surface area contributed by atoms with Gasteiger partial charge in [0.05, 0.1) is 12.3 Å². The second kappa shape index (κ2) is 5.70. The average Bonchev–Trinajstić information content (AvgIpc) is 2.87. The summed E-state index contributed by atoms with van der Waals surface area (Å²) in [6.45, 7) is 2.48. The summed E-state index contributed by atoms with van der Waals surface area (Å²) in [5.74, 6) is 0.719. The number of benzene rings is 1. The molecule has 0 atom stereocenters. The van der Waals surface area contributed by atoms with Crippen LogP contribution in [0.15, 0.2) is 40.1 Å². The number of ether oxygens (including phenoxy) is 1. The smallest absolute Gasteiger partial charge is 0.340 e. The Morgan fingerprint density at radius 1 is 1.08 bits per heavy atom. The van der Waals surface area contributed by atoms with Crippen LogP contribution in [0, 0.1) is 0 Å². The summed E-state index contributed by atoms with van der Waals surface area (Å²) in [4.78, 5) is 28.8. The van der Waals surface area contributed by atoms with Gasteiger partial charge in [0.1, 0.15) is 11.4 Å². The maximum atomic E-state index is 12.9. The number of nitrogens with zero attached hydrogens (tertiary/aromatic N) is 2. The van der Waals surface area contributed by atoms with Crippen LogP contribution in [0.5, 0.6) is 5.75 Å². The SMILES string of the molecule is CCOc1ccc(-n2c(=O)c3c[nH]c4c(n-3c2=O)CCCC4)cc1. The monoisotopic (exact) mass is 325 g/mol. The van der Waals surface area contributed by atoms with Crippen molar-refractivity contribution in [2.75, 3.05) is 6.61 Å². The molecule has 6 nitrogen and oxygen atoms in total. The van der Waals surface area contributed by atoms with Gasteiger partial charge in [0.25, 0.3) is 5.56 Å². The summed E-state index contributed by atoms with van der Waals surface area (Å²) in [6.07, 6.45) is 5.53. The van der Waals surface area contributed by atoms with E-state index in [1.54, 1.807) is 35.0 Å². The Kier molecular flexibility index (Phi) is 3.52. The molecule has 6 heteroatoms. The number of hydrogen-bond acceptors (Lipinski definition) is 3. The van der Waals surface area contributed by atoms with Gasteiger partial charge in [-0.1, -0.05) is 0 Å². The maximum absolute atomic E-state index is 12.9. The molecule has 0 saturated carbocycles. The molecule has 4 rings (SSSR count). The van der Waals surface area contributed by atoms with Gasteiger partial charge < -0.3 is 9.72 Å². The van der Waals surface area contributed by atoms with Gasteiger partial charge >= 0.3 is 5.69 Å². The van der Waals surface area contributed by atoms with Crippen LogP contribution in [0.4, 0.5) is 0 Å². The second-order valence-electron chi connectivity index (χ2n) is 5.99. The number of H-pyrrole nitrogens is 1. The van der Waals surface area contributed by atoms with Crippen LogP contribution in [0.25, 0.3) is 11.4 Å². The highest BCUT2D eigenvalue weighted by Gasteiger charge is 2.24. The van der Waals surface area contributed by atoms with Gasteiger partial charge in [0.2, 0.25) is 0 Å². The van der Waals surface area contributed by atoms with Crippen LogP contribution in [0.2, 0.25) is 0 Å². The van der Waals surface area contributed by atoms with Crippen molar-refractivity contribution in [1.29, 1.82) is 0 Å². The highest BCUT2D eigenvalue weighted by molar-refractivity contribution is 5.43. The van der Waals surface area contributed by atoms with Gasteiger partial charge in [-0.05, 0) is 56.9 Å². The largest absolute Gasteiger partial charge is 0.494 e. The van der Waals surface area contributed by atoms with Crippen molar-refractivity contribution in [3.05, 3.63) is 62.7 Å². The first-order valence-corrected chi connectivity index (χ1v) is 8.31. The summed E-state index contributed by atoms with van der Waals surface area (Å²) in [6, 6.07) is 7.02. The predicted molar refractivity (Wildman–Crippen MR) is 91.0 cm³/mol. The summed E-state index contributed by atoms with van der Waals surface area (Å²) >= 11 is 0.